The molecule has 2 N–H and O–H groups in total. The zero-order valence-electron chi connectivity index (χ0n) is 10.9. The van der Waals surface area contributed by atoms with Crippen molar-refractivity contribution >= 4 is 39.7 Å². The smallest absolute Gasteiger partial charge is 0.228 e. The molecule has 0 aliphatic heterocycles. The second kappa shape index (κ2) is 5.80. The van der Waals surface area contributed by atoms with E-state index in [4.69, 9.17) is 12.2 Å². The lowest BCUT2D eigenvalue weighted by Crippen LogP contribution is -2.36. The maximum atomic E-state index is 11.5. The zero-order valence-corrected chi connectivity index (χ0v) is 11.8. The summed E-state index contributed by atoms with van der Waals surface area (Å²) >= 11 is 5.11. The molecule has 0 heterocycles. The minimum atomic E-state index is -0.0867. The van der Waals surface area contributed by atoms with Crippen LogP contribution in [-0.4, -0.2) is 11.0 Å². The Hall–Kier alpha value is -1.94. The minimum Gasteiger partial charge on any atom is -0.332 e. The topological polar surface area (TPSA) is 41.1 Å². The van der Waals surface area contributed by atoms with Gasteiger partial charge in [0.1, 0.15) is 0 Å². The lowest BCUT2D eigenvalue weighted by molar-refractivity contribution is -0.122. The summed E-state index contributed by atoms with van der Waals surface area (Å²) in [4.78, 5) is 11.5. The molecule has 0 bridgehead atoms. The summed E-state index contributed by atoms with van der Waals surface area (Å²) in [5.41, 5.74) is 0.868. The van der Waals surface area contributed by atoms with Gasteiger partial charge in [-0.15, -0.1) is 0 Å². The molecule has 0 aliphatic carbocycles. The van der Waals surface area contributed by atoms with Crippen molar-refractivity contribution in [1.29, 1.82) is 0 Å². The number of thiocarbonyl (C=S) groups is 1. The van der Waals surface area contributed by atoms with Crippen LogP contribution >= 0.6 is 12.2 Å². The second-order valence-electron chi connectivity index (χ2n) is 4.66. The van der Waals surface area contributed by atoms with E-state index in [9.17, 15) is 4.79 Å². The van der Waals surface area contributed by atoms with Gasteiger partial charge in [0.15, 0.2) is 5.11 Å². The standard InChI is InChI=1S/C15H16N2OS/c1-10(2)14(18)17-15(19)16-13-8-7-11-5-3-4-6-12(11)9-13/h3-10H,1-2H3,(H2,16,17,18,19). The van der Waals surface area contributed by atoms with E-state index in [0.717, 1.165) is 11.1 Å². The van der Waals surface area contributed by atoms with Gasteiger partial charge in [-0.05, 0) is 35.1 Å². The average Bonchev–Trinajstić information content (AvgIpc) is 2.38. The van der Waals surface area contributed by atoms with Gasteiger partial charge in [0.05, 0.1) is 0 Å². The van der Waals surface area contributed by atoms with Crippen LogP contribution in [0.5, 0.6) is 0 Å². The summed E-state index contributed by atoms with van der Waals surface area (Å²) in [6.45, 7) is 3.65. The molecule has 0 saturated carbocycles. The molecule has 2 aromatic rings. The van der Waals surface area contributed by atoms with Crippen molar-refractivity contribution in [3.63, 3.8) is 0 Å². The quantitative estimate of drug-likeness (QED) is 0.824. The first-order chi connectivity index (χ1) is 9.06. The van der Waals surface area contributed by atoms with Crippen molar-refractivity contribution in [2.24, 2.45) is 5.92 Å². The highest BCUT2D eigenvalue weighted by Gasteiger charge is 2.08. The number of amides is 1. The first kappa shape index (κ1) is 13.5. The van der Waals surface area contributed by atoms with Gasteiger partial charge in [-0.3, -0.25) is 4.79 Å². The van der Waals surface area contributed by atoms with Gasteiger partial charge in [0, 0.05) is 11.6 Å². The van der Waals surface area contributed by atoms with E-state index >= 15 is 0 Å². The lowest BCUT2D eigenvalue weighted by Gasteiger charge is -2.11. The SMILES string of the molecule is CC(C)C(=O)NC(=S)Nc1ccc2ccccc2c1. The van der Waals surface area contributed by atoms with E-state index in [1.54, 1.807) is 0 Å². The van der Waals surface area contributed by atoms with Gasteiger partial charge >= 0.3 is 0 Å². The Kier molecular flexibility index (Phi) is 4.12. The molecule has 0 spiro atoms. The van der Waals surface area contributed by atoms with Gasteiger partial charge in [-0.1, -0.05) is 44.2 Å². The molecule has 0 aromatic heterocycles. The van der Waals surface area contributed by atoms with Gasteiger partial charge in [-0.25, -0.2) is 0 Å². The van der Waals surface area contributed by atoms with Crippen LogP contribution < -0.4 is 10.6 Å². The number of anilines is 1. The number of carbonyl (C=O) groups is 1. The number of fused-ring (bicyclic) bond motifs is 1. The Morgan fingerprint density at radius 3 is 2.47 bits per heavy atom. The van der Waals surface area contributed by atoms with Crippen LogP contribution in [0.15, 0.2) is 42.5 Å². The summed E-state index contributed by atoms with van der Waals surface area (Å²) in [7, 11) is 0. The Morgan fingerprint density at radius 2 is 1.79 bits per heavy atom. The highest BCUT2D eigenvalue weighted by Crippen LogP contribution is 2.18. The van der Waals surface area contributed by atoms with Crippen molar-refractivity contribution in [3.05, 3.63) is 42.5 Å². The van der Waals surface area contributed by atoms with E-state index < -0.39 is 0 Å². The van der Waals surface area contributed by atoms with Crippen LogP contribution in [0.4, 0.5) is 5.69 Å². The van der Waals surface area contributed by atoms with Crippen molar-refractivity contribution in [1.82, 2.24) is 5.32 Å². The molecule has 0 aliphatic rings. The summed E-state index contributed by atoms with van der Waals surface area (Å²) in [6.07, 6.45) is 0. The first-order valence-corrected chi connectivity index (χ1v) is 6.58. The molecule has 1 amide bonds. The third kappa shape index (κ3) is 3.51. The van der Waals surface area contributed by atoms with Crippen molar-refractivity contribution in [2.45, 2.75) is 13.8 Å². The lowest BCUT2D eigenvalue weighted by atomic mass is 10.1. The predicted molar refractivity (Wildman–Crippen MR) is 83.1 cm³/mol. The maximum Gasteiger partial charge on any atom is 0.228 e. The average molecular weight is 272 g/mol. The summed E-state index contributed by atoms with van der Waals surface area (Å²) < 4.78 is 0. The normalized spacial score (nSPS) is 10.5. The molecular weight excluding hydrogens is 256 g/mol. The number of rotatable bonds is 2. The Balaban J connectivity index is 2.09. The summed E-state index contributed by atoms with van der Waals surface area (Å²) in [6, 6.07) is 14.0. The molecule has 2 aromatic carbocycles. The Labute approximate surface area is 118 Å². The van der Waals surface area contributed by atoms with E-state index in [1.807, 2.05) is 50.2 Å². The molecule has 0 fully saturated rings. The second-order valence-corrected chi connectivity index (χ2v) is 5.07. The van der Waals surface area contributed by atoms with Gasteiger partial charge in [0.2, 0.25) is 5.91 Å². The molecule has 4 heteroatoms. The minimum absolute atomic E-state index is 0.0849. The fraction of sp³-hybridized carbons (Fsp3) is 0.200. The number of benzene rings is 2. The van der Waals surface area contributed by atoms with Crippen LogP contribution in [-0.2, 0) is 4.79 Å². The van der Waals surface area contributed by atoms with Gasteiger partial charge in [0.25, 0.3) is 0 Å². The summed E-state index contributed by atoms with van der Waals surface area (Å²) in [5, 5.41) is 8.31. The van der Waals surface area contributed by atoms with Crippen molar-refractivity contribution in [2.75, 3.05) is 5.32 Å². The first-order valence-electron chi connectivity index (χ1n) is 6.17. The summed E-state index contributed by atoms with van der Waals surface area (Å²) in [5.74, 6) is -0.172. The molecule has 0 saturated heterocycles. The van der Waals surface area contributed by atoms with Crippen LogP contribution in [0, 0.1) is 5.92 Å². The Bertz CT molecular complexity index is 622. The molecule has 0 unspecified atom stereocenters. The van der Waals surface area contributed by atoms with E-state index in [0.29, 0.717) is 5.11 Å². The van der Waals surface area contributed by atoms with Gasteiger partial charge in [-0.2, -0.15) is 0 Å². The van der Waals surface area contributed by atoms with Crippen molar-refractivity contribution in [3.8, 4) is 0 Å². The predicted octanol–water partition coefficient (Wildman–Crippen LogP) is 3.31. The van der Waals surface area contributed by atoms with E-state index in [1.165, 1.54) is 5.39 Å². The van der Waals surface area contributed by atoms with E-state index in [2.05, 4.69) is 16.7 Å². The molecule has 98 valence electrons. The molecule has 0 radical (unpaired) electrons. The van der Waals surface area contributed by atoms with Crippen LogP contribution in [0.25, 0.3) is 10.8 Å². The monoisotopic (exact) mass is 272 g/mol. The molecule has 19 heavy (non-hydrogen) atoms. The molecule has 2 rings (SSSR count). The molecular formula is C15H16N2OS. The number of carbonyl (C=O) groups excluding carboxylic acids is 1. The fourth-order valence-electron chi connectivity index (χ4n) is 1.69. The number of hydrogen-bond donors (Lipinski definition) is 2. The molecule has 0 atom stereocenters. The third-order valence-corrected chi connectivity index (χ3v) is 2.97. The molecule has 3 nitrogen and oxygen atoms in total. The fourth-order valence-corrected chi connectivity index (χ4v) is 1.90. The van der Waals surface area contributed by atoms with E-state index in [-0.39, 0.29) is 11.8 Å². The van der Waals surface area contributed by atoms with Crippen LogP contribution in [0.1, 0.15) is 13.8 Å². The number of nitrogens with one attached hydrogen (secondary N) is 2. The number of hydrogen-bond acceptors (Lipinski definition) is 2. The van der Waals surface area contributed by atoms with Crippen molar-refractivity contribution < 1.29 is 4.79 Å². The maximum absolute atomic E-state index is 11.5. The van der Waals surface area contributed by atoms with Gasteiger partial charge < -0.3 is 10.6 Å². The highest BCUT2D eigenvalue weighted by molar-refractivity contribution is 7.80. The zero-order chi connectivity index (χ0) is 13.8. The highest BCUT2D eigenvalue weighted by atomic mass is 32.1. The largest absolute Gasteiger partial charge is 0.332 e. The van der Waals surface area contributed by atoms with Crippen LogP contribution in [0.2, 0.25) is 0 Å². The Morgan fingerprint density at radius 1 is 1.11 bits per heavy atom. The van der Waals surface area contributed by atoms with Crippen LogP contribution in [0.3, 0.4) is 0 Å². The third-order valence-electron chi connectivity index (χ3n) is 2.77.